The molecule has 1 aromatic heterocycles. The minimum absolute atomic E-state index is 0.00111. The molecule has 0 spiro atoms. The SMILES string of the molecule is CNCC(=O)NCc1nc(C(C)C)cs1. The van der Waals surface area contributed by atoms with Crippen molar-refractivity contribution in [3.8, 4) is 0 Å². The first-order valence-electron chi connectivity index (χ1n) is 4.99. The highest BCUT2D eigenvalue weighted by atomic mass is 32.1. The summed E-state index contributed by atoms with van der Waals surface area (Å²) in [5.74, 6) is 0.446. The Hall–Kier alpha value is -0.940. The molecule has 0 saturated carbocycles. The lowest BCUT2D eigenvalue weighted by atomic mass is 10.2. The van der Waals surface area contributed by atoms with Crippen molar-refractivity contribution >= 4 is 17.2 Å². The smallest absolute Gasteiger partial charge is 0.234 e. The Balaban J connectivity index is 2.41. The number of hydrogen-bond donors (Lipinski definition) is 2. The van der Waals surface area contributed by atoms with Crippen LogP contribution in [0, 0.1) is 0 Å². The van der Waals surface area contributed by atoms with Crippen LogP contribution >= 0.6 is 11.3 Å². The van der Waals surface area contributed by atoms with Gasteiger partial charge in [0.25, 0.3) is 0 Å². The summed E-state index contributed by atoms with van der Waals surface area (Å²) in [6.07, 6.45) is 0. The van der Waals surface area contributed by atoms with Crippen LogP contribution in [0.3, 0.4) is 0 Å². The van der Waals surface area contributed by atoms with Crippen molar-refractivity contribution in [1.29, 1.82) is 0 Å². The van der Waals surface area contributed by atoms with E-state index in [1.165, 1.54) is 0 Å². The Kier molecular flexibility index (Phi) is 4.71. The largest absolute Gasteiger partial charge is 0.348 e. The van der Waals surface area contributed by atoms with Crippen LogP contribution < -0.4 is 10.6 Å². The standard InChI is InChI=1S/C10H17N3OS/c1-7(2)8-6-15-10(13-8)5-12-9(14)4-11-3/h6-7,11H,4-5H2,1-3H3,(H,12,14). The average molecular weight is 227 g/mol. The summed E-state index contributed by atoms with van der Waals surface area (Å²) in [6, 6.07) is 0. The van der Waals surface area contributed by atoms with Crippen LogP contribution in [0.2, 0.25) is 0 Å². The Morgan fingerprint density at radius 3 is 2.87 bits per heavy atom. The van der Waals surface area contributed by atoms with Gasteiger partial charge in [-0.2, -0.15) is 0 Å². The number of nitrogens with zero attached hydrogens (tertiary/aromatic N) is 1. The minimum Gasteiger partial charge on any atom is -0.348 e. The monoisotopic (exact) mass is 227 g/mol. The number of nitrogens with one attached hydrogen (secondary N) is 2. The van der Waals surface area contributed by atoms with Gasteiger partial charge >= 0.3 is 0 Å². The fourth-order valence-corrected chi connectivity index (χ4v) is 1.96. The summed E-state index contributed by atoms with van der Waals surface area (Å²) in [7, 11) is 1.75. The molecule has 1 amide bonds. The molecule has 2 N–H and O–H groups in total. The summed E-state index contributed by atoms with van der Waals surface area (Å²) in [5, 5.41) is 8.60. The normalized spacial score (nSPS) is 10.7. The second kappa shape index (κ2) is 5.82. The molecule has 0 atom stereocenters. The quantitative estimate of drug-likeness (QED) is 0.792. The first-order chi connectivity index (χ1) is 7.13. The van der Waals surface area contributed by atoms with E-state index < -0.39 is 0 Å². The van der Waals surface area contributed by atoms with Crippen molar-refractivity contribution in [3.05, 3.63) is 16.1 Å². The lowest BCUT2D eigenvalue weighted by Gasteiger charge is -2.01. The summed E-state index contributed by atoms with van der Waals surface area (Å²) < 4.78 is 0. The van der Waals surface area contributed by atoms with Gasteiger partial charge in [0, 0.05) is 5.38 Å². The molecule has 0 bridgehead atoms. The van der Waals surface area contributed by atoms with Crippen molar-refractivity contribution in [1.82, 2.24) is 15.6 Å². The van der Waals surface area contributed by atoms with Crippen molar-refractivity contribution < 1.29 is 4.79 Å². The lowest BCUT2D eigenvalue weighted by molar-refractivity contribution is -0.120. The number of carbonyl (C=O) groups excluding carboxylic acids is 1. The van der Waals surface area contributed by atoms with E-state index in [0.29, 0.717) is 19.0 Å². The average Bonchev–Trinajstić information content (AvgIpc) is 2.63. The van der Waals surface area contributed by atoms with Gasteiger partial charge in [-0.15, -0.1) is 11.3 Å². The first kappa shape index (κ1) is 12.1. The molecule has 0 fully saturated rings. The van der Waals surface area contributed by atoms with Crippen molar-refractivity contribution in [3.63, 3.8) is 0 Å². The zero-order chi connectivity index (χ0) is 11.3. The van der Waals surface area contributed by atoms with Crippen molar-refractivity contribution in [2.24, 2.45) is 0 Å². The van der Waals surface area contributed by atoms with Gasteiger partial charge in [0.05, 0.1) is 18.8 Å². The van der Waals surface area contributed by atoms with Crippen molar-refractivity contribution in [2.75, 3.05) is 13.6 Å². The van der Waals surface area contributed by atoms with Crippen LogP contribution in [0.25, 0.3) is 0 Å². The number of hydrogen-bond acceptors (Lipinski definition) is 4. The van der Waals surface area contributed by atoms with Crippen LogP contribution in [0.15, 0.2) is 5.38 Å². The van der Waals surface area contributed by atoms with E-state index in [2.05, 4.69) is 29.5 Å². The van der Waals surface area contributed by atoms with E-state index in [4.69, 9.17) is 0 Å². The van der Waals surface area contributed by atoms with Crippen molar-refractivity contribution in [2.45, 2.75) is 26.3 Å². The molecule has 15 heavy (non-hydrogen) atoms. The third-order valence-corrected chi connectivity index (χ3v) is 2.80. The number of thiazole rings is 1. The summed E-state index contributed by atoms with van der Waals surface area (Å²) in [6.45, 7) is 5.09. The molecule has 1 heterocycles. The molecule has 1 rings (SSSR count). The van der Waals surface area contributed by atoms with Gasteiger partial charge in [-0.1, -0.05) is 13.8 Å². The second-order valence-corrected chi connectivity index (χ2v) is 4.57. The lowest BCUT2D eigenvalue weighted by Crippen LogP contribution is -2.31. The fraction of sp³-hybridized carbons (Fsp3) is 0.600. The molecule has 0 saturated heterocycles. The minimum atomic E-state index is -0.00111. The molecule has 0 aliphatic carbocycles. The van der Waals surface area contributed by atoms with E-state index in [-0.39, 0.29) is 5.91 Å². The van der Waals surface area contributed by atoms with Crippen LogP contribution in [-0.4, -0.2) is 24.5 Å². The topological polar surface area (TPSA) is 54.0 Å². The van der Waals surface area contributed by atoms with Crippen LogP contribution in [-0.2, 0) is 11.3 Å². The van der Waals surface area contributed by atoms with Gasteiger partial charge < -0.3 is 10.6 Å². The molecule has 0 aliphatic rings. The molecular weight excluding hydrogens is 210 g/mol. The van der Waals surface area contributed by atoms with E-state index in [1.54, 1.807) is 18.4 Å². The number of amides is 1. The molecular formula is C10H17N3OS. The molecule has 0 aliphatic heterocycles. The van der Waals surface area contributed by atoms with E-state index >= 15 is 0 Å². The molecule has 84 valence electrons. The van der Waals surface area contributed by atoms with Gasteiger partial charge in [0.15, 0.2) is 0 Å². The van der Waals surface area contributed by atoms with Crippen LogP contribution in [0.5, 0.6) is 0 Å². The van der Waals surface area contributed by atoms with Gasteiger partial charge in [-0.3, -0.25) is 4.79 Å². The van der Waals surface area contributed by atoms with Crippen LogP contribution in [0.4, 0.5) is 0 Å². The summed E-state index contributed by atoms with van der Waals surface area (Å²) in [4.78, 5) is 15.6. The predicted octanol–water partition coefficient (Wildman–Crippen LogP) is 1.10. The van der Waals surface area contributed by atoms with Gasteiger partial charge in [-0.25, -0.2) is 4.98 Å². The molecule has 0 radical (unpaired) electrons. The van der Waals surface area contributed by atoms with E-state index in [9.17, 15) is 4.79 Å². The maximum atomic E-state index is 11.2. The zero-order valence-corrected chi connectivity index (χ0v) is 10.1. The highest BCUT2D eigenvalue weighted by Gasteiger charge is 2.06. The Bertz CT molecular complexity index is 322. The third kappa shape index (κ3) is 3.97. The van der Waals surface area contributed by atoms with Gasteiger partial charge in [0.2, 0.25) is 5.91 Å². The highest BCUT2D eigenvalue weighted by Crippen LogP contribution is 2.17. The zero-order valence-electron chi connectivity index (χ0n) is 9.33. The van der Waals surface area contributed by atoms with Gasteiger partial charge in [0.1, 0.15) is 5.01 Å². The maximum Gasteiger partial charge on any atom is 0.234 e. The summed E-state index contributed by atoms with van der Waals surface area (Å²) >= 11 is 1.59. The van der Waals surface area contributed by atoms with Gasteiger partial charge in [-0.05, 0) is 13.0 Å². The number of carbonyl (C=O) groups is 1. The van der Waals surface area contributed by atoms with E-state index in [1.807, 2.05) is 5.38 Å². The first-order valence-corrected chi connectivity index (χ1v) is 5.87. The second-order valence-electron chi connectivity index (χ2n) is 3.63. The predicted molar refractivity (Wildman–Crippen MR) is 62.0 cm³/mol. The maximum absolute atomic E-state index is 11.2. The fourth-order valence-electron chi connectivity index (χ4n) is 1.07. The van der Waals surface area contributed by atoms with E-state index in [0.717, 1.165) is 10.7 Å². The number of likely N-dealkylation sites (N-methyl/N-ethyl adjacent to an activating group) is 1. The Morgan fingerprint density at radius 2 is 2.33 bits per heavy atom. The third-order valence-electron chi connectivity index (χ3n) is 1.94. The molecule has 5 heteroatoms. The Labute approximate surface area is 94.1 Å². The number of rotatable bonds is 5. The molecule has 1 aromatic rings. The molecule has 0 unspecified atom stereocenters. The molecule has 0 aromatic carbocycles. The highest BCUT2D eigenvalue weighted by molar-refractivity contribution is 7.09. The van der Waals surface area contributed by atoms with Crippen LogP contribution in [0.1, 0.15) is 30.5 Å². The summed E-state index contributed by atoms with van der Waals surface area (Å²) in [5.41, 5.74) is 1.10. The Morgan fingerprint density at radius 1 is 1.60 bits per heavy atom. The number of aromatic nitrogens is 1. The molecule has 4 nitrogen and oxygen atoms in total.